The first-order chi connectivity index (χ1) is 8.54. The SMILES string of the molecule is CCCc1nc(N)c(C)c(NCCCC(C)O)n1. The van der Waals surface area contributed by atoms with Crippen LogP contribution in [0.25, 0.3) is 0 Å². The van der Waals surface area contributed by atoms with E-state index in [0.29, 0.717) is 5.82 Å². The molecule has 4 N–H and O–H groups in total. The second-order valence-corrected chi connectivity index (χ2v) is 4.67. The summed E-state index contributed by atoms with van der Waals surface area (Å²) in [5.41, 5.74) is 6.77. The predicted molar refractivity (Wildman–Crippen MR) is 74.6 cm³/mol. The molecule has 18 heavy (non-hydrogen) atoms. The lowest BCUT2D eigenvalue weighted by Crippen LogP contribution is -2.12. The number of rotatable bonds is 7. The fourth-order valence-electron chi connectivity index (χ4n) is 1.69. The highest BCUT2D eigenvalue weighted by Crippen LogP contribution is 2.17. The molecule has 0 radical (unpaired) electrons. The van der Waals surface area contributed by atoms with Gasteiger partial charge in [-0.3, -0.25) is 0 Å². The summed E-state index contributed by atoms with van der Waals surface area (Å²) in [4.78, 5) is 8.74. The van der Waals surface area contributed by atoms with E-state index in [4.69, 9.17) is 5.73 Å². The van der Waals surface area contributed by atoms with Crippen LogP contribution in [0.2, 0.25) is 0 Å². The molecule has 0 saturated carbocycles. The van der Waals surface area contributed by atoms with Crippen molar-refractivity contribution in [1.29, 1.82) is 0 Å². The summed E-state index contributed by atoms with van der Waals surface area (Å²) in [5.74, 6) is 2.15. The molecule has 0 aliphatic rings. The Balaban J connectivity index is 2.63. The van der Waals surface area contributed by atoms with Gasteiger partial charge in [0.1, 0.15) is 17.5 Å². The van der Waals surface area contributed by atoms with Gasteiger partial charge in [0.15, 0.2) is 0 Å². The van der Waals surface area contributed by atoms with E-state index in [-0.39, 0.29) is 6.10 Å². The standard InChI is InChI=1S/C13H24N4O/c1-4-6-11-16-12(14)10(3)13(17-11)15-8-5-7-9(2)18/h9,18H,4-8H2,1-3H3,(H3,14,15,16,17). The van der Waals surface area contributed by atoms with Crippen LogP contribution in [0.3, 0.4) is 0 Å². The molecule has 1 atom stereocenters. The summed E-state index contributed by atoms with van der Waals surface area (Å²) in [6, 6.07) is 0. The topological polar surface area (TPSA) is 84.1 Å². The van der Waals surface area contributed by atoms with E-state index in [9.17, 15) is 5.11 Å². The first kappa shape index (κ1) is 14.7. The van der Waals surface area contributed by atoms with Crippen molar-refractivity contribution in [2.24, 2.45) is 0 Å². The van der Waals surface area contributed by atoms with Gasteiger partial charge in [-0.25, -0.2) is 9.97 Å². The Morgan fingerprint density at radius 2 is 2.11 bits per heavy atom. The summed E-state index contributed by atoms with van der Waals surface area (Å²) in [6.45, 7) is 6.60. The zero-order valence-electron chi connectivity index (χ0n) is 11.5. The normalized spacial score (nSPS) is 12.4. The maximum atomic E-state index is 9.19. The Hall–Kier alpha value is -1.36. The number of aliphatic hydroxyl groups excluding tert-OH is 1. The smallest absolute Gasteiger partial charge is 0.134 e. The second kappa shape index (κ2) is 7.16. The van der Waals surface area contributed by atoms with E-state index in [1.54, 1.807) is 6.92 Å². The van der Waals surface area contributed by atoms with E-state index in [1.807, 2.05) is 6.92 Å². The van der Waals surface area contributed by atoms with Gasteiger partial charge >= 0.3 is 0 Å². The first-order valence-electron chi connectivity index (χ1n) is 6.59. The summed E-state index contributed by atoms with van der Waals surface area (Å²) in [5, 5.41) is 12.5. The lowest BCUT2D eigenvalue weighted by Gasteiger charge is -2.12. The van der Waals surface area contributed by atoms with Crippen molar-refractivity contribution in [2.45, 2.75) is 52.6 Å². The Morgan fingerprint density at radius 3 is 2.72 bits per heavy atom. The molecule has 0 aliphatic carbocycles. The van der Waals surface area contributed by atoms with Gasteiger partial charge < -0.3 is 16.2 Å². The van der Waals surface area contributed by atoms with Crippen molar-refractivity contribution in [1.82, 2.24) is 9.97 Å². The number of hydrogen-bond donors (Lipinski definition) is 3. The summed E-state index contributed by atoms with van der Waals surface area (Å²) < 4.78 is 0. The number of nitrogens with one attached hydrogen (secondary N) is 1. The number of nitrogens with zero attached hydrogens (tertiary/aromatic N) is 2. The Labute approximate surface area is 109 Å². The highest BCUT2D eigenvalue weighted by Gasteiger charge is 2.07. The molecule has 0 bridgehead atoms. The lowest BCUT2D eigenvalue weighted by atomic mass is 10.2. The molecule has 0 fully saturated rings. The third kappa shape index (κ3) is 4.49. The number of nitrogen functional groups attached to an aromatic ring is 1. The number of nitrogens with two attached hydrogens (primary N) is 1. The minimum Gasteiger partial charge on any atom is -0.393 e. The second-order valence-electron chi connectivity index (χ2n) is 4.67. The van der Waals surface area contributed by atoms with Gasteiger partial charge in [-0.1, -0.05) is 6.92 Å². The summed E-state index contributed by atoms with van der Waals surface area (Å²) in [6.07, 6.45) is 3.29. The lowest BCUT2D eigenvalue weighted by molar-refractivity contribution is 0.183. The van der Waals surface area contributed by atoms with Gasteiger partial charge in [0.05, 0.1) is 6.10 Å². The number of aliphatic hydroxyl groups is 1. The van der Waals surface area contributed by atoms with Gasteiger partial charge in [-0.2, -0.15) is 0 Å². The average molecular weight is 252 g/mol. The molecule has 5 nitrogen and oxygen atoms in total. The Morgan fingerprint density at radius 1 is 1.39 bits per heavy atom. The van der Waals surface area contributed by atoms with Crippen LogP contribution in [0.4, 0.5) is 11.6 Å². The summed E-state index contributed by atoms with van der Waals surface area (Å²) >= 11 is 0. The number of anilines is 2. The predicted octanol–water partition coefficient (Wildman–Crippen LogP) is 1.89. The van der Waals surface area contributed by atoms with Crippen molar-refractivity contribution in [2.75, 3.05) is 17.6 Å². The zero-order valence-corrected chi connectivity index (χ0v) is 11.5. The quantitative estimate of drug-likeness (QED) is 0.645. The molecular formula is C13H24N4O. The van der Waals surface area contributed by atoms with E-state index < -0.39 is 0 Å². The molecule has 102 valence electrons. The fraction of sp³-hybridized carbons (Fsp3) is 0.692. The molecule has 0 spiro atoms. The van der Waals surface area contributed by atoms with Crippen molar-refractivity contribution in [3.05, 3.63) is 11.4 Å². The van der Waals surface area contributed by atoms with Crippen LogP contribution >= 0.6 is 0 Å². The van der Waals surface area contributed by atoms with Crippen LogP contribution in [0, 0.1) is 6.92 Å². The molecule has 0 amide bonds. The molecule has 0 aromatic carbocycles. The molecule has 1 aromatic rings. The van der Waals surface area contributed by atoms with E-state index >= 15 is 0 Å². The largest absolute Gasteiger partial charge is 0.393 e. The van der Waals surface area contributed by atoms with Gasteiger partial charge in [0.25, 0.3) is 0 Å². The van der Waals surface area contributed by atoms with E-state index in [0.717, 1.165) is 49.4 Å². The van der Waals surface area contributed by atoms with Crippen LogP contribution in [-0.4, -0.2) is 27.7 Å². The van der Waals surface area contributed by atoms with Crippen LogP contribution < -0.4 is 11.1 Å². The maximum Gasteiger partial charge on any atom is 0.134 e. The monoisotopic (exact) mass is 252 g/mol. The average Bonchev–Trinajstić information content (AvgIpc) is 2.30. The van der Waals surface area contributed by atoms with Crippen molar-refractivity contribution < 1.29 is 5.11 Å². The minimum absolute atomic E-state index is 0.251. The maximum absolute atomic E-state index is 9.19. The third-order valence-corrected chi connectivity index (χ3v) is 2.79. The van der Waals surface area contributed by atoms with Crippen LogP contribution in [0.5, 0.6) is 0 Å². The number of hydrogen-bond acceptors (Lipinski definition) is 5. The van der Waals surface area contributed by atoms with E-state index in [2.05, 4.69) is 22.2 Å². The molecule has 0 aliphatic heterocycles. The molecular weight excluding hydrogens is 228 g/mol. The molecule has 1 heterocycles. The third-order valence-electron chi connectivity index (χ3n) is 2.79. The fourth-order valence-corrected chi connectivity index (χ4v) is 1.69. The first-order valence-corrected chi connectivity index (χ1v) is 6.59. The number of aromatic nitrogens is 2. The van der Waals surface area contributed by atoms with Gasteiger partial charge in [-0.05, 0) is 33.1 Å². The number of aryl methyl sites for hydroxylation is 1. The van der Waals surface area contributed by atoms with Crippen molar-refractivity contribution >= 4 is 11.6 Å². The molecule has 5 heteroatoms. The zero-order chi connectivity index (χ0) is 13.5. The van der Waals surface area contributed by atoms with E-state index in [1.165, 1.54) is 0 Å². The molecule has 1 rings (SSSR count). The molecule has 0 saturated heterocycles. The molecule has 1 aromatic heterocycles. The van der Waals surface area contributed by atoms with Crippen molar-refractivity contribution in [3.63, 3.8) is 0 Å². The van der Waals surface area contributed by atoms with Crippen molar-refractivity contribution in [3.8, 4) is 0 Å². The van der Waals surface area contributed by atoms with Gasteiger partial charge in [0.2, 0.25) is 0 Å². The minimum atomic E-state index is -0.251. The Bertz CT molecular complexity index is 379. The highest BCUT2D eigenvalue weighted by atomic mass is 16.3. The van der Waals surface area contributed by atoms with Crippen LogP contribution in [0.1, 0.15) is 44.5 Å². The van der Waals surface area contributed by atoms with Gasteiger partial charge in [-0.15, -0.1) is 0 Å². The highest BCUT2D eigenvalue weighted by molar-refractivity contribution is 5.54. The van der Waals surface area contributed by atoms with Crippen LogP contribution in [0.15, 0.2) is 0 Å². The van der Waals surface area contributed by atoms with Crippen LogP contribution in [-0.2, 0) is 6.42 Å². The molecule has 1 unspecified atom stereocenters. The summed E-state index contributed by atoms with van der Waals surface area (Å²) in [7, 11) is 0. The Kier molecular flexibility index (Phi) is 5.85. The van der Waals surface area contributed by atoms with Gasteiger partial charge in [0, 0.05) is 18.5 Å².